The SMILES string of the molecule is CC1CCC(CNc2ncccc2OC(C)C)C1. The summed E-state index contributed by atoms with van der Waals surface area (Å²) < 4.78 is 5.76. The standard InChI is InChI=1S/C15H24N2O/c1-11(2)18-14-5-4-8-16-15(14)17-10-13-7-6-12(3)9-13/h4-5,8,11-13H,6-7,9-10H2,1-3H3,(H,16,17). The van der Waals surface area contributed by atoms with Gasteiger partial charge in [0, 0.05) is 12.7 Å². The lowest BCUT2D eigenvalue weighted by Crippen LogP contribution is -2.14. The molecule has 18 heavy (non-hydrogen) atoms. The van der Waals surface area contributed by atoms with Crippen LogP contribution >= 0.6 is 0 Å². The molecule has 2 unspecified atom stereocenters. The molecule has 1 N–H and O–H groups in total. The average Bonchev–Trinajstić information content (AvgIpc) is 2.73. The smallest absolute Gasteiger partial charge is 0.168 e. The van der Waals surface area contributed by atoms with E-state index in [1.54, 1.807) is 0 Å². The summed E-state index contributed by atoms with van der Waals surface area (Å²) in [6.45, 7) is 7.43. The molecule has 1 aromatic rings. The Morgan fingerprint density at radius 2 is 2.28 bits per heavy atom. The fraction of sp³-hybridized carbons (Fsp3) is 0.667. The van der Waals surface area contributed by atoms with Gasteiger partial charge < -0.3 is 10.1 Å². The summed E-state index contributed by atoms with van der Waals surface area (Å²) in [5.41, 5.74) is 0. The quantitative estimate of drug-likeness (QED) is 0.862. The molecule has 0 aromatic carbocycles. The largest absolute Gasteiger partial charge is 0.487 e. The van der Waals surface area contributed by atoms with Gasteiger partial charge in [-0.3, -0.25) is 0 Å². The Hall–Kier alpha value is -1.25. The van der Waals surface area contributed by atoms with Gasteiger partial charge in [-0.15, -0.1) is 0 Å². The van der Waals surface area contributed by atoms with Crippen molar-refractivity contribution in [3.8, 4) is 5.75 Å². The first-order valence-corrected chi connectivity index (χ1v) is 7.00. The average molecular weight is 248 g/mol. The van der Waals surface area contributed by atoms with Crippen molar-refractivity contribution < 1.29 is 4.74 Å². The summed E-state index contributed by atoms with van der Waals surface area (Å²) in [6.07, 6.45) is 6.03. The lowest BCUT2D eigenvalue weighted by Gasteiger charge is -2.16. The van der Waals surface area contributed by atoms with E-state index in [4.69, 9.17) is 4.74 Å². The van der Waals surface area contributed by atoms with Crippen molar-refractivity contribution in [2.75, 3.05) is 11.9 Å². The van der Waals surface area contributed by atoms with E-state index >= 15 is 0 Å². The van der Waals surface area contributed by atoms with Crippen molar-refractivity contribution >= 4 is 5.82 Å². The minimum absolute atomic E-state index is 0.182. The van der Waals surface area contributed by atoms with E-state index in [0.717, 1.165) is 29.9 Å². The van der Waals surface area contributed by atoms with E-state index in [-0.39, 0.29) is 6.10 Å². The monoisotopic (exact) mass is 248 g/mol. The molecule has 1 saturated carbocycles. The summed E-state index contributed by atoms with van der Waals surface area (Å²) in [4.78, 5) is 4.38. The zero-order valence-electron chi connectivity index (χ0n) is 11.6. The molecule has 2 rings (SSSR count). The first kappa shape index (κ1) is 13.2. The molecule has 0 spiro atoms. The van der Waals surface area contributed by atoms with Crippen molar-refractivity contribution in [2.45, 2.75) is 46.1 Å². The van der Waals surface area contributed by atoms with Crippen LogP contribution in [0.2, 0.25) is 0 Å². The van der Waals surface area contributed by atoms with Crippen molar-refractivity contribution in [3.63, 3.8) is 0 Å². The third-order valence-electron chi connectivity index (χ3n) is 3.49. The number of rotatable bonds is 5. The number of ether oxygens (including phenoxy) is 1. The minimum atomic E-state index is 0.182. The molecule has 0 aliphatic heterocycles. The highest BCUT2D eigenvalue weighted by Gasteiger charge is 2.21. The molecule has 2 atom stereocenters. The number of hydrogen-bond donors (Lipinski definition) is 1. The Kier molecular flexibility index (Phi) is 4.45. The highest BCUT2D eigenvalue weighted by molar-refractivity contribution is 5.49. The van der Waals surface area contributed by atoms with Crippen molar-refractivity contribution in [1.82, 2.24) is 4.98 Å². The van der Waals surface area contributed by atoms with E-state index in [1.807, 2.05) is 32.2 Å². The normalized spacial score (nSPS) is 23.3. The fourth-order valence-corrected chi connectivity index (χ4v) is 2.62. The van der Waals surface area contributed by atoms with E-state index in [0.29, 0.717) is 0 Å². The summed E-state index contributed by atoms with van der Waals surface area (Å²) in [6, 6.07) is 3.90. The highest BCUT2D eigenvalue weighted by atomic mass is 16.5. The van der Waals surface area contributed by atoms with Gasteiger partial charge in [-0.2, -0.15) is 0 Å². The van der Waals surface area contributed by atoms with Crippen LogP contribution in [0, 0.1) is 11.8 Å². The van der Waals surface area contributed by atoms with Gasteiger partial charge in [-0.25, -0.2) is 4.98 Å². The van der Waals surface area contributed by atoms with Crippen LogP contribution in [-0.4, -0.2) is 17.6 Å². The maximum Gasteiger partial charge on any atom is 0.168 e. The van der Waals surface area contributed by atoms with E-state index in [1.165, 1.54) is 19.3 Å². The molecule has 1 aliphatic rings. The zero-order chi connectivity index (χ0) is 13.0. The number of aromatic nitrogens is 1. The maximum absolute atomic E-state index is 5.76. The Morgan fingerprint density at radius 3 is 2.94 bits per heavy atom. The van der Waals surface area contributed by atoms with Crippen molar-refractivity contribution in [2.24, 2.45) is 11.8 Å². The summed E-state index contributed by atoms with van der Waals surface area (Å²) in [5.74, 6) is 3.41. The number of nitrogens with one attached hydrogen (secondary N) is 1. The molecule has 0 amide bonds. The van der Waals surface area contributed by atoms with Crippen LogP contribution in [0.1, 0.15) is 40.0 Å². The van der Waals surface area contributed by atoms with Crippen molar-refractivity contribution in [1.29, 1.82) is 0 Å². The first-order valence-electron chi connectivity index (χ1n) is 7.00. The molecule has 3 nitrogen and oxygen atoms in total. The highest BCUT2D eigenvalue weighted by Crippen LogP contribution is 2.31. The van der Waals surface area contributed by atoms with Gasteiger partial charge >= 0.3 is 0 Å². The van der Waals surface area contributed by atoms with E-state index in [2.05, 4.69) is 17.2 Å². The van der Waals surface area contributed by atoms with Gasteiger partial charge in [0.05, 0.1) is 6.10 Å². The molecule has 100 valence electrons. The number of anilines is 1. The maximum atomic E-state index is 5.76. The molecule has 0 saturated heterocycles. The van der Waals surface area contributed by atoms with Crippen LogP contribution in [0.3, 0.4) is 0 Å². The van der Waals surface area contributed by atoms with Crippen LogP contribution < -0.4 is 10.1 Å². The second-order valence-corrected chi connectivity index (χ2v) is 5.68. The Balaban J connectivity index is 1.92. The molecule has 0 radical (unpaired) electrons. The predicted octanol–water partition coefficient (Wildman–Crippen LogP) is 3.72. The summed E-state index contributed by atoms with van der Waals surface area (Å²) in [7, 11) is 0. The first-order chi connectivity index (χ1) is 8.65. The molecular weight excluding hydrogens is 224 g/mol. The van der Waals surface area contributed by atoms with Gasteiger partial charge in [-0.1, -0.05) is 13.3 Å². The molecule has 1 aromatic heterocycles. The Bertz CT molecular complexity index is 379. The third kappa shape index (κ3) is 3.62. The molecule has 0 bridgehead atoms. The summed E-state index contributed by atoms with van der Waals surface area (Å²) >= 11 is 0. The predicted molar refractivity (Wildman–Crippen MR) is 75.0 cm³/mol. The van der Waals surface area contributed by atoms with E-state index in [9.17, 15) is 0 Å². The van der Waals surface area contributed by atoms with Crippen LogP contribution in [-0.2, 0) is 0 Å². The Morgan fingerprint density at radius 1 is 1.44 bits per heavy atom. The third-order valence-corrected chi connectivity index (χ3v) is 3.49. The van der Waals surface area contributed by atoms with Gasteiger partial charge in [0.25, 0.3) is 0 Å². The molecule has 3 heteroatoms. The number of pyridine rings is 1. The second-order valence-electron chi connectivity index (χ2n) is 5.68. The summed E-state index contributed by atoms with van der Waals surface area (Å²) in [5, 5.41) is 3.44. The Labute approximate surface area is 110 Å². The van der Waals surface area contributed by atoms with E-state index < -0.39 is 0 Å². The molecule has 1 aliphatic carbocycles. The minimum Gasteiger partial charge on any atom is -0.487 e. The van der Waals surface area contributed by atoms with Crippen LogP contribution in [0.25, 0.3) is 0 Å². The molecule has 1 fully saturated rings. The lowest BCUT2D eigenvalue weighted by molar-refractivity contribution is 0.243. The van der Waals surface area contributed by atoms with Crippen LogP contribution in [0.4, 0.5) is 5.82 Å². The second kappa shape index (κ2) is 6.07. The fourth-order valence-electron chi connectivity index (χ4n) is 2.62. The van der Waals surface area contributed by atoms with Crippen LogP contribution in [0.15, 0.2) is 18.3 Å². The lowest BCUT2D eigenvalue weighted by atomic mass is 10.1. The number of nitrogens with zero attached hydrogens (tertiary/aromatic N) is 1. The molecule has 1 heterocycles. The number of hydrogen-bond acceptors (Lipinski definition) is 3. The topological polar surface area (TPSA) is 34.2 Å². The van der Waals surface area contributed by atoms with Gasteiger partial charge in [0.15, 0.2) is 11.6 Å². The molecular formula is C15H24N2O. The van der Waals surface area contributed by atoms with Crippen molar-refractivity contribution in [3.05, 3.63) is 18.3 Å². The van der Waals surface area contributed by atoms with Gasteiger partial charge in [0.2, 0.25) is 0 Å². The van der Waals surface area contributed by atoms with Crippen LogP contribution in [0.5, 0.6) is 5.75 Å². The van der Waals surface area contributed by atoms with Gasteiger partial charge in [0.1, 0.15) is 0 Å². The zero-order valence-corrected chi connectivity index (χ0v) is 11.6. The van der Waals surface area contributed by atoms with Gasteiger partial charge in [-0.05, 0) is 50.7 Å².